The number of Topliss-reactive ketones (excluding diaryl/α,β-unsaturated/α-hetero) is 2. The van der Waals surface area contributed by atoms with Gasteiger partial charge in [0, 0.05) is 40.7 Å². The van der Waals surface area contributed by atoms with Crippen LogP contribution < -0.4 is 5.32 Å². The zero-order chi connectivity index (χ0) is 23.4. The molecule has 0 heterocycles. The molecule has 0 aromatic heterocycles. The van der Waals surface area contributed by atoms with Crippen molar-refractivity contribution in [2.24, 2.45) is 0 Å². The molecule has 1 aromatic rings. The summed E-state index contributed by atoms with van der Waals surface area (Å²) in [5.74, 6) is -3.47. The lowest BCUT2D eigenvalue weighted by atomic mass is 9.56. The maximum atomic E-state index is 13.7. The number of hydrogen-bond acceptors (Lipinski definition) is 7. The summed E-state index contributed by atoms with van der Waals surface area (Å²) >= 11 is 3.26. The number of allylic oxidation sites excluding steroid dienone is 7. The van der Waals surface area contributed by atoms with Crippen molar-refractivity contribution < 1.29 is 28.7 Å². The second-order valence-electron chi connectivity index (χ2n) is 8.04. The number of benzene rings is 1. The molecule has 2 bridgehead atoms. The summed E-state index contributed by atoms with van der Waals surface area (Å²) in [5.41, 5.74) is 2.57. The van der Waals surface area contributed by atoms with Gasteiger partial charge in [0.25, 0.3) is 0 Å². The summed E-state index contributed by atoms with van der Waals surface area (Å²) < 4.78 is 4.95. The quantitative estimate of drug-likeness (QED) is 0.481. The first-order chi connectivity index (χ1) is 15.9. The number of hydrogen-bond donors (Lipinski definition) is 1. The van der Waals surface area contributed by atoms with Crippen molar-refractivity contribution in [2.45, 2.75) is 25.2 Å². The van der Waals surface area contributed by atoms with Crippen LogP contribution in [-0.2, 0) is 28.7 Å². The molecule has 0 spiro atoms. The molecule has 5 aliphatic rings. The fraction of sp³-hybridized carbons (Fsp3) is 0.240. The first-order valence-electron chi connectivity index (χ1n) is 10.6. The van der Waals surface area contributed by atoms with Gasteiger partial charge in [-0.1, -0.05) is 24.3 Å². The summed E-state index contributed by atoms with van der Waals surface area (Å²) in [5, 5.41) is 2.89. The molecule has 7 nitrogen and oxygen atoms in total. The van der Waals surface area contributed by atoms with E-state index in [1.165, 1.54) is 12.2 Å². The van der Waals surface area contributed by atoms with Crippen LogP contribution in [0, 0.1) is 0 Å². The normalized spacial score (nSPS) is 23.1. The third-order valence-corrected chi connectivity index (χ3v) is 7.10. The molecule has 0 saturated carbocycles. The number of nitrogens with one attached hydrogen (secondary N) is 1. The lowest BCUT2D eigenvalue weighted by Gasteiger charge is -2.44. The van der Waals surface area contributed by atoms with Gasteiger partial charge in [0.15, 0.2) is 17.3 Å². The Morgan fingerprint density at radius 3 is 2.00 bits per heavy atom. The van der Waals surface area contributed by atoms with Crippen molar-refractivity contribution in [1.82, 2.24) is 5.32 Å². The van der Waals surface area contributed by atoms with Crippen LogP contribution in [0.5, 0.6) is 0 Å². The van der Waals surface area contributed by atoms with E-state index in [1.807, 2.05) is 24.3 Å². The van der Waals surface area contributed by atoms with E-state index in [2.05, 4.69) is 21.2 Å². The van der Waals surface area contributed by atoms with Crippen LogP contribution in [0.1, 0.15) is 36.3 Å². The summed E-state index contributed by atoms with van der Waals surface area (Å²) in [7, 11) is 0. The molecule has 0 aliphatic heterocycles. The van der Waals surface area contributed by atoms with Gasteiger partial charge >= 0.3 is 5.97 Å². The summed E-state index contributed by atoms with van der Waals surface area (Å²) in [6, 6.07) is 7.28. The predicted octanol–water partition coefficient (Wildman–Crippen LogP) is 2.48. The standard InChI is InChI=1S/C25H18BrNO6/c1-2-33-15(30)9-10-27-23-22(26)24(31)20-16-11-5-3-4-6-12(11)17(21(20)25(23)32)19-14(29)8-7-13(28)18(16)19/h3-8,16-17,27H,2,9-10H2,1H3/t16-,17+/m0/s1. The molecule has 8 heteroatoms. The van der Waals surface area contributed by atoms with Crippen molar-refractivity contribution in [3.8, 4) is 0 Å². The Balaban J connectivity index is 1.59. The Kier molecular flexibility index (Phi) is 5.12. The van der Waals surface area contributed by atoms with Crippen LogP contribution in [0.3, 0.4) is 0 Å². The Morgan fingerprint density at radius 2 is 1.45 bits per heavy atom. The molecule has 166 valence electrons. The highest BCUT2D eigenvalue weighted by molar-refractivity contribution is 9.12. The average Bonchev–Trinajstić information content (AvgIpc) is 2.81. The van der Waals surface area contributed by atoms with Gasteiger partial charge in [-0.2, -0.15) is 0 Å². The highest BCUT2D eigenvalue weighted by atomic mass is 79.9. The molecular weight excluding hydrogens is 490 g/mol. The van der Waals surface area contributed by atoms with E-state index in [1.54, 1.807) is 6.92 Å². The lowest BCUT2D eigenvalue weighted by Crippen LogP contribution is -2.43. The van der Waals surface area contributed by atoms with Gasteiger partial charge in [-0.3, -0.25) is 24.0 Å². The molecule has 33 heavy (non-hydrogen) atoms. The van der Waals surface area contributed by atoms with Crippen molar-refractivity contribution in [3.63, 3.8) is 0 Å². The molecule has 0 amide bonds. The van der Waals surface area contributed by atoms with Gasteiger partial charge < -0.3 is 10.1 Å². The van der Waals surface area contributed by atoms with Crippen LogP contribution in [-0.4, -0.2) is 42.3 Å². The number of halogens is 1. The lowest BCUT2D eigenvalue weighted by molar-refractivity contribution is -0.143. The first-order valence-corrected chi connectivity index (χ1v) is 11.4. The summed E-state index contributed by atoms with van der Waals surface area (Å²) in [6.07, 6.45) is 2.48. The van der Waals surface area contributed by atoms with Gasteiger partial charge in [-0.15, -0.1) is 0 Å². The van der Waals surface area contributed by atoms with Crippen molar-refractivity contribution in [3.05, 3.63) is 80.0 Å². The van der Waals surface area contributed by atoms with Gasteiger partial charge in [-0.25, -0.2) is 0 Å². The minimum absolute atomic E-state index is 0.0208. The molecule has 0 radical (unpaired) electrons. The van der Waals surface area contributed by atoms with E-state index in [0.717, 1.165) is 11.1 Å². The third-order valence-electron chi connectivity index (χ3n) is 6.34. The topological polar surface area (TPSA) is 107 Å². The zero-order valence-electron chi connectivity index (χ0n) is 17.6. The molecule has 0 fully saturated rings. The fourth-order valence-electron chi connectivity index (χ4n) is 5.10. The number of ketones is 4. The smallest absolute Gasteiger partial charge is 0.307 e. The van der Waals surface area contributed by atoms with Crippen LogP contribution >= 0.6 is 15.9 Å². The number of carbonyl (C=O) groups excluding carboxylic acids is 5. The third kappa shape index (κ3) is 3.04. The van der Waals surface area contributed by atoms with E-state index in [9.17, 15) is 24.0 Å². The van der Waals surface area contributed by atoms with Crippen molar-refractivity contribution in [2.75, 3.05) is 13.2 Å². The highest BCUT2D eigenvalue weighted by Crippen LogP contribution is 2.58. The van der Waals surface area contributed by atoms with Gasteiger partial charge in [0.2, 0.25) is 5.78 Å². The summed E-state index contributed by atoms with van der Waals surface area (Å²) in [4.78, 5) is 64.6. The second kappa shape index (κ2) is 7.88. The molecular formula is C25H18BrNO6. The zero-order valence-corrected chi connectivity index (χ0v) is 19.2. The Labute approximate surface area is 197 Å². The maximum absolute atomic E-state index is 13.7. The molecule has 0 saturated heterocycles. The fourth-order valence-corrected chi connectivity index (χ4v) is 5.64. The average molecular weight is 508 g/mol. The van der Waals surface area contributed by atoms with Crippen LogP contribution in [0.4, 0.5) is 0 Å². The Bertz CT molecular complexity index is 1310. The largest absolute Gasteiger partial charge is 0.466 e. The number of carbonyl (C=O) groups is 5. The minimum Gasteiger partial charge on any atom is -0.466 e. The molecule has 1 aromatic carbocycles. The highest BCUT2D eigenvalue weighted by Gasteiger charge is 2.54. The molecule has 0 unspecified atom stereocenters. The molecule has 6 rings (SSSR count). The van der Waals surface area contributed by atoms with Gasteiger partial charge in [-0.05, 0) is 46.1 Å². The van der Waals surface area contributed by atoms with E-state index in [-0.39, 0.29) is 63.6 Å². The first kappa shape index (κ1) is 21.5. The summed E-state index contributed by atoms with van der Waals surface area (Å²) in [6.45, 7) is 2.05. The molecule has 1 N–H and O–H groups in total. The van der Waals surface area contributed by atoms with E-state index >= 15 is 0 Å². The molecule has 5 aliphatic carbocycles. The van der Waals surface area contributed by atoms with Crippen LogP contribution in [0.25, 0.3) is 0 Å². The van der Waals surface area contributed by atoms with Crippen molar-refractivity contribution >= 4 is 45.0 Å². The van der Waals surface area contributed by atoms with Crippen LogP contribution in [0.2, 0.25) is 0 Å². The van der Waals surface area contributed by atoms with Gasteiger partial charge in [0.1, 0.15) is 5.70 Å². The van der Waals surface area contributed by atoms with Gasteiger partial charge in [0.05, 0.1) is 17.5 Å². The number of rotatable bonds is 5. The molecule has 2 atom stereocenters. The SMILES string of the molecule is CCOC(=O)CCNC1=C(Br)C(=O)C2=C(C1=O)[C@H]1C3=C(C(=O)C=CC3=O)[C@@H]2c2ccccc21. The van der Waals surface area contributed by atoms with E-state index < -0.39 is 29.4 Å². The predicted molar refractivity (Wildman–Crippen MR) is 120 cm³/mol. The Morgan fingerprint density at radius 1 is 0.909 bits per heavy atom. The number of esters is 1. The Hall–Kier alpha value is -3.39. The van der Waals surface area contributed by atoms with Crippen LogP contribution in [0.15, 0.2) is 68.9 Å². The second-order valence-corrected chi connectivity index (χ2v) is 8.83. The van der Waals surface area contributed by atoms with Crippen molar-refractivity contribution in [1.29, 1.82) is 0 Å². The van der Waals surface area contributed by atoms with E-state index in [4.69, 9.17) is 4.74 Å². The monoisotopic (exact) mass is 507 g/mol. The van der Waals surface area contributed by atoms with E-state index in [0.29, 0.717) is 0 Å². The maximum Gasteiger partial charge on any atom is 0.307 e. The minimum atomic E-state index is -0.795. The number of ether oxygens (including phenoxy) is 1.